The second-order valence-electron chi connectivity index (χ2n) is 4.06. The summed E-state index contributed by atoms with van der Waals surface area (Å²) in [6.07, 6.45) is 0. The van der Waals surface area contributed by atoms with E-state index in [9.17, 15) is 8.78 Å². The highest BCUT2D eigenvalue weighted by molar-refractivity contribution is 5.60. The average Bonchev–Trinajstić information content (AvgIpc) is 2.65. The molecule has 1 aromatic carbocycles. The van der Waals surface area contributed by atoms with E-state index in [4.69, 9.17) is 5.73 Å². The minimum atomic E-state index is -0.767. The van der Waals surface area contributed by atoms with Gasteiger partial charge in [0.2, 0.25) is 0 Å². The Bertz CT molecular complexity index is 525. The molecule has 0 aliphatic heterocycles. The van der Waals surface area contributed by atoms with Crippen LogP contribution in [0.4, 0.5) is 14.5 Å². The van der Waals surface area contributed by atoms with Crippen LogP contribution in [0.15, 0.2) is 12.1 Å². The smallest absolute Gasteiger partial charge is 0.187 e. The van der Waals surface area contributed by atoms with Crippen LogP contribution >= 0.6 is 0 Å². The van der Waals surface area contributed by atoms with E-state index >= 15 is 0 Å². The minimum Gasteiger partial charge on any atom is -0.399 e. The van der Waals surface area contributed by atoms with E-state index in [0.717, 1.165) is 12.1 Å². The molecule has 6 heteroatoms. The van der Waals surface area contributed by atoms with Crippen molar-refractivity contribution in [2.45, 2.75) is 19.8 Å². The minimum absolute atomic E-state index is 0.00343. The second kappa shape index (κ2) is 4.12. The zero-order valence-corrected chi connectivity index (χ0v) is 9.46. The molecule has 17 heavy (non-hydrogen) atoms. The van der Waals surface area contributed by atoms with E-state index in [1.54, 1.807) is 0 Å². The van der Waals surface area contributed by atoms with E-state index < -0.39 is 11.6 Å². The van der Waals surface area contributed by atoms with Crippen LogP contribution in [0.5, 0.6) is 0 Å². The highest BCUT2D eigenvalue weighted by atomic mass is 19.1. The highest BCUT2D eigenvalue weighted by Gasteiger charge is 2.17. The Balaban J connectivity index is 2.52. The number of H-pyrrole nitrogens is 1. The topological polar surface area (TPSA) is 67.6 Å². The summed E-state index contributed by atoms with van der Waals surface area (Å²) in [6.45, 7) is 3.81. The summed E-state index contributed by atoms with van der Waals surface area (Å²) in [5.41, 5.74) is 5.10. The van der Waals surface area contributed by atoms with Crippen LogP contribution in [-0.2, 0) is 0 Å². The van der Waals surface area contributed by atoms with Crippen molar-refractivity contribution in [3.63, 3.8) is 0 Å². The van der Waals surface area contributed by atoms with Crippen LogP contribution in [-0.4, -0.2) is 15.2 Å². The van der Waals surface area contributed by atoms with Gasteiger partial charge in [0.05, 0.1) is 5.56 Å². The van der Waals surface area contributed by atoms with Gasteiger partial charge in [-0.05, 0) is 12.1 Å². The van der Waals surface area contributed by atoms with E-state index in [-0.39, 0.29) is 23.0 Å². The van der Waals surface area contributed by atoms with Gasteiger partial charge in [-0.25, -0.2) is 13.8 Å². The molecule has 0 radical (unpaired) electrons. The molecule has 0 bridgehead atoms. The molecule has 0 aliphatic carbocycles. The molecule has 2 aromatic rings. The van der Waals surface area contributed by atoms with Gasteiger partial charge < -0.3 is 5.73 Å². The quantitative estimate of drug-likeness (QED) is 0.790. The second-order valence-corrected chi connectivity index (χ2v) is 4.06. The molecule has 4 nitrogen and oxygen atoms in total. The van der Waals surface area contributed by atoms with Crippen molar-refractivity contribution in [1.29, 1.82) is 0 Å². The maximum absolute atomic E-state index is 13.6. The molecule has 0 unspecified atom stereocenters. The summed E-state index contributed by atoms with van der Waals surface area (Å²) in [4.78, 5) is 4.04. The zero-order chi connectivity index (χ0) is 12.6. The number of benzene rings is 1. The fourth-order valence-electron chi connectivity index (χ4n) is 1.45. The molecule has 0 saturated heterocycles. The lowest BCUT2D eigenvalue weighted by molar-refractivity contribution is 0.588. The predicted molar refractivity (Wildman–Crippen MR) is 60.2 cm³/mol. The number of hydrogen-bond acceptors (Lipinski definition) is 3. The molecule has 0 aliphatic rings. The lowest BCUT2D eigenvalue weighted by Gasteiger charge is -2.02. The number of rotatable bonds is 2. The number of halogens is 2. The number of nitrogens with zero attached hydrogens (tertiary/aromatic N) is 2. The predicted octanol–water partition coefficient (Wildman–Crippen LogP) is 2.46. The standard InChI is InChI=1S/C11H12F2N4/c1-5(2)10-15-11(17-16-10)9-7(12)3-6(14)4-8(9)13/h3-5H,14H2,1-2H3,(H,15,16,17). The normalized spacial score (nSPS) is 11.1. The molecule has 1 aromatic heterocycles. The summed E-state index contributed by atoms with van der Waals surface area (Å²) < 4.78 is 27.2. The first-order valence-electron chi connectivity index (χ1n) is 5.16. The lowest BCUT2D eigenvalue weighted by Crippen LogP contribution is -1.96. The van der Waals surface area contributed by atoms with Crippen molar-refractivity contribution in [2.24, 2.45) is 0 Å². The summed E-state index contributed by atoms with van der Waals surface area (Å²) in [5, 5.41) is 6.45. The zero-order valence-electron chi connectivity index (χ0n) is 9.46. The van der Waals surface area contributed by atoms with Gasteiger partial charge in [-0.1, -0.05) is 13.8 Å². The number of nitrogens with two attached hydrogens (primary N) is 1. The molecular weight excluding hydrogens is 226 g/mol. The van der Waals surface area contributed by atoms with Gasteiger partial charge in [0.15, 0.2) is 5.82 Å². The van der Waals surface area contributed by atoms with Gasteiger partial charge in [-0.2, -0.15) is 5.10 Å². The average molecular weight is 238 g/mol. The van der Waals surface area contributed by atoms with E-state index in [2.05, 4.69) is 15.2 Å². The number of nitrogen functional groups attached to an aromatic ring is 1. The van der Waals surface area contributed by atoms with Crippen LogP contribution in [0.2, 0.25) is 0 Å². The van der Waals surface area contributed by atoms with Crippen molar-refractivity contribution in [1.82, 2.24) is 15.2 Å². The third kappa shape index (κ3) is 2.11. The van der Waals surface area contributed by atoms with E-state index in [0.29, 0.717) is 5.82 Å². The van der Waals surface area contributed by atoms with Gasteiger partial charge >= 0.3 is 0 Å². The van der Waals surface area contributed by atoms with Crippen molar-refractivity contribution in [3.8, 4) is 11.4 Å². The first-order valence-corrected chi connectivity index (χ1v) is 5.16. The molecule has 0 atom stereocenters. The molecular formula is C11H12F2N4. The molecule has 0 fully saturated rings. The number of aromatic amines is 1. The van der Waals surface area contributed by atoms with E-state index in [1.165, 1.54) is 0 Å². The van der Waals surface area contributed by atoms with Gasteiger partial charge in [-0.3, -0.25) is 5.10 Å². The summed E-state index contributed by atoms with van der Waals surface area (Å²) in [6, 6.07) is 2.09. The van der Waals surface area contributed by atoms with Crippen molar-refractivity contribution in [2.75, 3.05) is 5.73 Å². The summed E-state index contributed by atoms with van der Waals surface area (Å²) in [7, 11) is 0. The maximum Gasteiger partial charge on any atom is 0.187 e. The largest absolute Gasteiger partial charge is 0.399 e. The molecule has 0 spiro atoms. The Hall–Kier alpha value is -1.98. The Morgan fingerprint density at radius 1 is 1.24 bits per heavy atom. The van der Waals surface area contributed by atoms with Crippen molar-refractivity contribution < 1.29 is 8.78 Å². The third-order valence-corrected chi connectivity index (χ3v) is 2.34. The number of anilines is 1. The number of aromatic nitrogens is 3. The Morgan fingerprint density at radius 2 is 1.82 bits per heavy atom. The SMILES string of the molecule is CC(C)c1nc(-c2c(F)cc(N)cc2F)n[nH]1. The van der Waals surface area contributed by atoms with Crippen LogP contribution in [0, 0.1) is 11.6 Å². The summed E-state index contributed by atoms with van der Waals surface area (Å²) in [5.74, 6) is -0.843. The van der Waals surface area contributed by atoms with Gasteiger partial charge in [-0.15, -0.1) is 0 Å². The first kappa shape index (κ1) is 11.5. The first-order chi connectivity index (χ1) is 7.99. The lowest BCUT2D eigenvalue weighted by atomic mass is 10.1. The fourth-order valence-corrected chi connectivity index (χ4v) is 1.45. The number of hydrogen-bond donors (Lipinski definition) is 2. The van der Waals surface area contributed by atoms with Gasteiger partial charge in [0.25, 0.3) is 0 Å². The molecule has 3 N–H and O–H groups in total. The molecule has 2 rings (SSSR count). The summed E-state index contributed by atoms with van der Waals surface area (Å²) >= 11 is 0. The monoisotopic (exact) mass is 238 g/mol. The molecule has 90 valence electrons. The maximum atomic E-state index is 13.6. The van der Waals surface area contributed by atoms with Crippen LogP contribution in [0.25, 0.3) is 11.4 Å². The van der Waals surface area contributed by atoms with Gasteiger partial charge in [0, 0.05) is 11.6 Å². The van der Waals surface area contributed by atoms with Crippen molar-refractivity contribution in [3.05, 3.63) is 29.6 Å². The van der Waals surface area contributed by atoms with E-state index in [1.807, 2.05) is 13.8 Å². The highest BCUT2D eigenvalue weighted by Crippen LogP contribution is 2.26. The van der Waals surface area contributed by atoms with Crippen LogP contribution < -0.4 is 5.73 Å². The molecule has 0 amide bonds. The van der Waals surface area contributed by atoms with Gasteiger partial charge in [0.1, 0.15) is 17.5 Å². The Labute approximate surface area is 96.9 Å². The number of nitrogens with one attached hydrogen (secondary N) is 1. The Kier molecular flexibility index (Phi) is 2.79. The van der Waals surface area contributed by atoms with Crippen LogP contribution in [0.3, 0.4) is 0 Å². The fraction of sp³-hybridized carbons (Fsp3) is 0.273. The third-order valence-electron chi connectivity index (χ3n) is 2.34. The van der Waals surface area contributed by atoms with Crippen LogP contribution in [0.1, 0.15) is 25.6 Å². The molecule has 1 heterocycles. The Morgan fingerprint density at radius 3 is 2.29 bits per heavy atom. The molecule has 0 saturated carbocycles. The van der Waals surface area contributed by atoms with Crippen molar-refractivity contribution >= 4 is 5.69 Å².